The lowest BCUT2D eigenvalue weighted by Crippen LogP contribution is -2.30. The van der Waals surface area contributed by atoms with E-state index in [9.17, 15) is 9.59 Å². The van der Waals surface area contributed by atoms with Crippen LogP contribution >= 0.6 is 0 Å². The number of aldehydes is 1. The highest BCUT2D eigenvalue weighted by atomic mass is 16.5. The highest BCUT2D eigenvalue weighted by molar-refractivity contribution is 5.95. The van der Waals surface area contributed by atoms with Crippen LogP contribution in [0.25, 0.3) is 0 Å². The largest absolute Gasteiger partial charge is 0.489 e. The summed E-state index contributed by atoms with van der Waals surface area (Å²) < 4.78 is 5.59. The number of nitrogen functional groups attached to an aromatic ring is 1. The average Bonchev–Trinajstić information content (AvgIpc) is 2.52. The fourth-order valence-electron chi connectivity index (χ4n) is 1.78. The van der Waals surface area contributed by atoms with E-state index in [4.69, 9.17) is 10.6 Å². The van der Waals surface area contributed by atoms with E-state index in [0.717, 1.165) is 6.29 Å². The lowest BCUT2D eigenvalue weighted by Gasteiger charge is -2.10. The van der Waals surface area contributed by atoms with Crippen LogP contribution in [0.1, 0.15) is 26.3 Å². The van der Waals surface area contributed by atoms with Gasteiger partial charge in [0.2, 0.25) is 0 Å². The van der Waals surface area contributed by atoms with Crippen LogP contribution in [0.3, 0.4) is 0 Å². The Balaban J connectivity index is 2.14. The first-order chi connectivity index (χ1) is 9.74. The molecular formula is C15H14N2O3. The number of hydrogen-bond donors (Lipinski definition) is 2. The van der Waals surface area contributed by atoms with Gasteiger partial charge >= 0.3 is 0 Å². The molecule has 0 saturated carbocycles. The molecule has 0 aliphatic heterocycles. The smallest absolute Gasteiger partial charge is 0.265 e. The summed E-state index contributed by atoms with van der Waals surface area (Å²) in [7, 11) is 0. The van der Waals surface area contributed by atoms with Gasteiger partial charge in [-0.1, -0.05) is 30.3 Å². The van der Waals surface area contributed by atoms with E-state index >= 15 is 0 Å². The SMILES string of the molecule is NNC(=O)c1ccccc1COc1cccc(C=O)c1. The van der Waals surface area contributed by atoms with Gasteiger partial charge < -0.3 is 4.74 Å². The molecule has 2 aromatic carbocycles. The standard InChI is InChI=1S/C15H14N2O3/c16-17-15(19)14-7-2-1-5-12(14)10-20-13-6-3-4-11(8-13)9-18/h1-9H,10,16H2,(H,17,19). The molecule has 3 N–H and O–H groups in total. The number of ether oxygens (including phenoxy) is 1. The maximum absolute atomic E-state index is 11.6. The lowest BCUT2D eigenvalue weighted by molar-refractivity contribution is 0.0951. The fourth-order valence-corrected chi connectivity index (χ4v) is 1.78. The predicted octanol–water partition coefficient (Wildman–Crippen LogP) is 1.68. The van der Waals surface area contributed by atoms with Crippen LogP contribution in [0, 0.1) is 0 Å². The molecule has 0 saturated heterocycles. The molecule has 2 aromatic rings. The molecule has 5 heteroatoms. The minimum Gasteiger partial charge on any atom is -0.489 e. The van der Waals surface area contributed by atoms with Gasteiger partial charge in [0.15, 0.2) is 0 Å². The first-order valence-electron chi connectivity index (χ1n) is 6.01. The number of hydrazine groups is 1. The van der Waals surface area contributed by atoms with Gasteiger partial charge in [-0.3, -0.25) is 15.0 Å². The molecule has 0 spiro atoms. The van der Waals surface area contributed by atoms with Gasteiger partial charge in [0, 0.05) is 16.7 Å². The Labute approximate surface area is 116 Å². The quantitative estimate of drug-likeness (QED) is 0.375. The van der Waals surface area contributed by atoms with E-state index in [1.54, 1.807) is 42.5 Å². The van der Waals surface area contributed by atoms with Crippen molar-refractivity contribution >= 4 is 12.2 Å². The summed E-state index contributed by atoms with van der Waals surface area (Å²) in [5.41, 5.74) is 3.81. The maximum Gasteiger partial charge on any atom is 0.265 e. The summed E-state index contributed by atoms with van der Waals surface area (Å²) in [6, 6.07) is 13.8. The Hall–Kier alpha value is -2.66. The van der Waals surface area contributed by atoms with E-state index in [-0.39, 0.29) is 12.5 Å². The zero-order valence-electron chi connectivity index (χ0n) is 10.7. The van der Waals surface area contributed by atoms with Crippen LogP contribution in [0.2, 0.25) is 0 Å². The van der Waals surface area contributed by atoms with Crippen molar-refractivity contribution in [1.29, 1.82) is 0 Å². The van der Waals surface area contributed by atoms with Gasteiger partial charge in [0.1, 0.15) is 18.6 Å². The molecule has 0 aromatic heterocycles. The number of carbonyl (C=O) groups is 2. The van der Waals surface area contributed by atoms with Crippen molar-refractivity contribution in [3.63, 3.8) is 0 Å². The third-order valence-corrected chi connectivity index (χ3v) is 2.78. The summed E-state index contributed by atoms with van der Waals surface area (Å²) in [5, 5.41) is 0. The zero-order chi connectivity index (χ0) is 14.4. The summed E-state index contributed by atoms with van der Waals surface area (Å²) in [5.74, 6) is 5.34. The van der Waals surface area contributed by atoms with E-state index in [1.165, 1.54) is 0 Å². The molecular weight excluding hydrogens is 256 g/mol. The number of hydrogen-bond acceptors (Lipinski definition) is 4. The molecule has 2 rings (SSSR count). The molecule has 20 heavy (non-hydrogen) atoms. The van der Waals surface area contributed by atoms with Crippen LogP contribution in [0.5, 0.6) is 5.75 Å². The Morgan fingerprint density at radius 2 is 2.00 bits per heavy atom. The molecule has 0 atom stereocenters. The molecule has 0 heterocycles. The van der Waals surface area contributed by atoms with E-state index in [1.807, 2.05) is 6.07 Å². The molecule has 0 fully saturated rings. The zero-order valence-corrected chi connectivity index (χ0v) is 10.7. The molecule has 0 unspecified atom stereocenters. The minimum absolute atomic E-state index is 0.214. The third kappa shape index (κ3) is 3.21. The maximum atomic E-state index is 11.6. The van der Waals surface area contributed by atoms with Gasteiger partial charge in [-0.25, -0.2) is 5.84 Å². The molecule has 0 aliphatic rings. The van der Waals surface area contributed by atoms with Crippen LogP contribution in [0.15, 0.2) is 48.5 Å². The van der Waals surface area contributed by atoms with E-state index < -0.39 is 0 Å². The van der Waals surface area contributed by atoms with Gasteiger partial charge in [-0.2, -0.15) is 0 Å². The highest BCUT2D eigenvalue weighted by Crippen LogP contribution is 2.16. The number of nitrogens with two attached hydrogens (primary N) is 1. The van der Waals surface area contributed by atoms with Crippen molar-refractivity contribution in [2.45, 2.75) is 6.61 Å². The molecule has 0 radical (unpaired) electrons. The first kappa shape index (κ1) is 13.8. The van der Waals surface area contributed by atoms with Crippen molar-refractivity contribution in [3.05, 3.63) is 65.2 Å². The first-order valence-corrected chi connectivity index (χ1v) is 6.01. The van der Waals surface area contributed by atoms with Crippen LogP contribution in [-0.2, 0) is 6.61 Å². The van der Waals surface area contributed by atoms with E-state index in [2.05, 4.69) is 5.43 Å². The molecule has 0 bridgehead atoms. The van der Waals surface area contributed by atoms with Gasteiger partial charge in [-0.15, -0.1) is 0 Å². The minimum atomic E-state index is -0.370. The highest BCUT2D eigenvalue weighted by Gasteiger charge is 2.09. The number of nitrogens with one attached hydrogen (secondary N) is 1. The number of rotatable bonds is 5. The second-order valence-electron chi connectivity index (χ2n) is 4.11. The predicted molar refractivity (Wildman–Crippen MR) is 74.3 cm³/mol. The molecule has 0 aliphatic carbocycles. The Morgan fingerprint density at radius 1 is 1.20 bits per heavy atom. The monoisotopic (exact) mass is 270 g/mol. The molecule has 1 amide bonds. The van der Waals surface area contributed by atoms with Crippen LogP contribution < -0.4 is 16.0 Å². The van der Waals surface area contributed by atoms with Gasteiger partial charge in [-0.05, 0) is 18.2 Å². The summed E-state index contributed by atoms with van der Waals surface area (Å²) in [6.45, 7) is 0.214. The van der Waals surface area contributed by atoms with Crippen molar-refractivity contribution in [1.82, 2.24) is 5.43 Å². The average molecular weight is 270 g/mol. The Bertz CT molecular complexity index is 626. The van der Waals surface area contributed by atoms with Gasteiger partial charge in [0.05, 0.1) is 0 Å². The van der Waals surface area contributed by atoms with Crippen molar-refractivity contribution in [2.24, 2.45) is 5.84 Å². The Morgan fingerprint density at radius 3 is 2.75 bits per heavy atom. The topological polar surface area (TPSA) is 81.4 Å². The third-order valence-electron chi connectivity index (χ3n) is 2.78. The number of carbonyl (C=O) groups excluding carboxylic acids is 2. The van der Waals surface area contributed by atoms with Crippen LogP contribution in [-0.4, -0.2) is 12.2 Å². The van der Waals surface area contributed by atoms with E-state index in [0.29, 0.717) is 22.4 Å². The normalized spacial score (nSPS) is 9.85. The van der Waals surface area contributed by atoms with Crippen molar-refractivity contribution in [3.8, 4) is 5.75 Å². The fraction of sp³-hybridized carbons (Fsp3) is 0.0667. The molecule has 102 valence electrons. The Kier molecular flexibility index (Phi) is 4.47. The summed E-state index contributed by atoms with van der Waals surface area (Å²) in [4.78, 5) is 22.3. The lowest BCUT2D eigenvalue weighted by atomic mass is 10.1. The number of benzene rings is 2. The second-order valence-corrected chi connectivity index (χ2v) is 4.11. The van der Waals surface area contributed by atoms with Crippen molar-refractivity contribution in [2.75, 3.05) is 0 Å². The summed E-state index contributed by atoms with van der Waals surface area (Å²) in [6.07, 6.45) is 0.753. The number of amides is 1. The summed E-state index contributed by atoms with van der Waals surface area (Å²) >= 11 is 0. The van der Waals surface area contributed by atoms with Gasteiger partial charge in [0.25, 0.3) is 5.91 Å². The second kappa shape index (κ2) is 6.49. The molecule has 5 nitrogen and oxygen atoms in total. The van der Waals surface area contributed by atoms with Crippen LogP contribution in [0.4, 0.5) is 0 Å². The van der Waals surface area contributed by atoms with Crippen molar-refractivity contribution < 1.29 is 14.3 Å².